The molecular formula is C19H19N3O3S. The number of anilines is 2. The minimum atomic E-state index is -0.503. The normalized spacial score (nSPS) is 15.6. The van der Waals surface area contributed by atoms with Gasteiger partial charge in [0.25, 0.3) is 0 Å². The van der Waals surface area contributed by atoms with Crippen molar-refractivity contribution in [3.8, 4) is 0 Å². The lowest BCUT2D eigenvalue weighted by molar-refractivity contribution is -0.134. The first-order valence-electron chi connectivity index (χ1n) is 8.18. The van der Waals surface area contributed by atoms with E-state index in [1.165, 1.54) is 16.7 Å². The zero-order valence-electron chi connectivity index (χ0n) is 14.3. The first kappa shape index (κ1) is 18.0. The molecule has 1 aliphatic heterocycles. The highest BCUT2D eigenvalue weighted by Gasteiger charge is 2.30. The van der Waals surface area contributed by atoms with Crippen molar-refractivity contribution in [2.75, 3.05) is 24.2 Å². The van der Waals surface area contributed by atoms with Crippen LogP contribution in [-0.2, 0) is 14.4 Å². The molecule has 1 heterocycles. The molecule has 134 valence electrons. The highest BCUT2D eigenvalue weighted by molar-refractivity contribution is 8.01. The van der Waals surface area contributed by atoms with E-state index in [0.717, 1.165) is 10.6 Å². The number of nitrogens with zero attached hydrogens (tertiary/aromatic N) is 1. The van der Waals surface area contributed by atoms with Crippen molar-refractivity contribution in [3.63, 3.8) is 0 Å². The molecule has 3 amide bonds. The third-order valence-corrected chi connectivity index (χ3v) is 5.21. The fourth-order valence-corrected chi connectivity index (χ4v) is 3.67. The van der Waals surface area contributed by atoms with E-state index in [2.05, 4.69) is 10.6 Å². The van der Waals surface area contributed by atoms with Crippen molar-refractivity contribution in [2.24, 2.45) is 0 Å². The van der Waals surface area contributed by atoms with Gasteiger partial charge in [-0.3, -0.25) is 14.4 Å². The molecule has 1 atom stereocenters. The van der Waals surface area contributed by atoms with E-state index in [1.807, 2.05) is 42.5 Å². The predicted molar refractivity (Wildman–Crippen MR) is 102 cm³/mol. The second-order valence-corrected chi connectivity index (χ2v) is 7.20. The molecule has 0 bridgehead atoms. The SMILES string of the molecule is CN(CC(=O)Nc1ccccc1)C(=O)CC1Sc2ccccc2NC1=O. The number of amides is 3. The van der Waals surface area contributed by atoms with Gasteiger partial charge < -0.3 is 15.5 Å². The molecule has 0 aliphatic carbocycles. The second-order valence-electron chi connectivity index (χ2n) is 5.96. The maximum atomic E-state index is 12.4. The smallest absolute Gasteiger partial charge is 0.243 e. The first-order chi connectivity index (χ1) is 12.5. The molecule has 7 heteroatoms. The van der Waals surface area contributed by atoms with Crippen LogP contribution in [0.1, 0.15) is 6.42 Å². The summed E-state index contributed by atoms with van der Waals surface area (Å²) in [6.07, 6.45) is 0.0416. The number of rotatable bonds is 5. The molecule has 0 spiro atoms. The maximum absolute atomic E-state index is 12.4. The van der Waals surface area contributed by atoms with Gasteiger partial charge in [-0.15, -0.1) is 11.8 Å². The largest absolute Gasteiger partial charge is 0.336 e. The third-order valence-electron chi connectivity index (χ3n) is 3.93. The van der Waals surface area contributed by atoms with E-state index in [9.17, 15) is 14.4 Å². The van der Waals surface area contributed by atoms with Crippen LogP contribution in [0.3, 0.4) is 0 Å². The van der Waals surface area contributed by atoms with E-state index >= 15 is 0 Å². The Labute approximate surface area is 156 Å². The number of para-hydroxylation sites is 2. The van der Waals surface area contributed by atoms with Gasteiger partial charge in [0.15, 0.2) is 0 Å². The van der Waals surface area contributed by atoms with Crippen molar-refractivity contribution in [1.82, 2.24) is 4.90 Å². The fourth-order valence-electron chi connectivity index (χ4n) is 2.57. The molecule has 0 saturated carbocycles. The molecule has 2 N–H and O–H groups in total. The quantitative estimate of drug-likeness (QED) is 0.849. The lowest BCUT2D eigenvalue weighted by Crippen LogP contribution is -2.39. The second kappa shape index (κ2) is 8.05. The van der Waals surface area contributed by atoms with E-state index in [4.69, 9.17) is 0 Å². The zero-order valence-corrected chi connectivity index (χ0v) is 15.1. The molecule has 2 aromatic rings. The van der Waals surface area contributed by atoms with E-state index < -0.39 is 5.25 Å². The summed E-state index contributed by atoms with van der Waals surface area (Å²) in [5.41, 5.74) is 1.44. The summed E-state index contributed by atoms with van der Waals surface area (Å²) in [4.78, 5) is 38.9. The van der Waals surface area contributed by atoms with Crippen LogP contribution in [-0.4, -0.2) is 41.5 Å². The average Bonchev–Trinajstić information content (AvgIpc) is 2.63. The first-order valence-corrected chi connectivity index (χ1v) is 9.06. The number of likely N-dealkylation sites (N-methyl/N-ethyl adjacent to an activating group) is 1. The Hall–Kier alpha value is -2.80. The standard InChI is InChI=1S/C19H19N3O3S/c1-22(12-17(23)20-13-7-3-2-4-8-13)18(24)11-16-19(25)21-14-9-5-6-10-15(14)26-16/h2-10,16H,11-12H2,1H3,(H,20,23)(H,21,25). The lowest BCUT2D eigenvalue weighted by atomic mass is 10.2. The van der Waals surface area contributed by atoms with Crippen LogP contribution < -0.4 is 10.6 Å². The van der Waals surface area contributed by atoms with Crippen LogP contribution in [0.15, 0.2) is 59.5 Å². The molecule has 0 aromatic heterocycles. The summed E-state index contributed by atoms with van der Waals surface area (Å²) >= 11 is 1.37. The summed E-state index contributed by atoms with van der Waals surface area (Å²) in [5.74, 6) is -0.720. The highest BCUT2D eigenvalue weighted by Crippen LogP contribution is 2.36. The van der Waals surface area contributed by atoms with Crippen molar-refractivity contribution < 1.29 is 14.4 Å². The van der Waals surface area contributed by atoms with Gasteiger partial charge >= 0.3 is 0 Å². The van der Waals surface area contributed by atoms with Gasteiger partial charge in [0, 0.05) is 24.1 Å². The zero-order chi connectivity index (χ0) is 18.5. The van der Waals surface area contributed by atoms with Gasteiger partial charge in [0.05, 0.1) is 17.5 Å². The molecule has 3 rings (SSSR count). The van der Waals surface area contributed by atoms with Crippen LogP contribution in [0.4, 0.5) is 11.4 Å². The molecule has 0 saturated heterocycles. The predicted octanol–water partition coefficient (Wildman–Crippen LogP) is 2.59. The van der Waals surface area contributed by atoms with E-state index in [1.54, 1.807) is 19.2 Å². The van der Waals surface area contributed by atoms with Gasteiger partial charge in [0.1, 0.15) is 0 Å². The number of fused-ring (bicyclic) bond motifs is 1. The topological polar surface area (TPSA) is 78.5 Å². The van der Waals surface area contributed by atoms with Crippen molar-refractivity contribution in [3.05, 3.63) is 54.6 Å². The molecule has 1 unspecified atom stereocenters. The molecule has 26 heavy (non-hydrogen) atoms. The Kier molecular flexibility index (Phi) is 5.58. The minimum Gasteiger partial charge on any atom is -0.336 e. The van der Waals surface area contributed by atoms with Crippen molar-refractivity contribution >= 4 is 40.9 Å². The monoisotopic (exact) mass is 369 g/mol. The lowest BCUT2D eigenvalue weighted by Gasteiger charge is -2.25. The van der Waals surface area contributed by atoms with Gasteiger partial charge in [-0.25, -0.2) is 0 Å². The number of hydrogen-bond acceptors (Lipinski definition) is 4. The number of hydrogen-bond donors (Lipinski definition) is 2. The third kappa shape index (κ3) is 4.43. The summed E-state index contributed by atoms with van der Waals surface area (Å²) in [5, 5.41) is 5.05. The number of carbonyl (C=O) groups excluding carboxylic acids is 3. The van der Waals surface area contributed by atoms with Crippen LogP contribution in [0, 0.1) is 0 Å². The minimum absolute atomic E-state index is 0.0416. The number of benzene rings is 2. The van der Waals surface area contributed by atoms with Crippen LogP contribution in [0.25, 0.3) is 0 Å². The van der Waals surface area contributed by atoms with Gasteiger partial charge in [-0.1, -0.05) is 30.3 Å². The summed E-state index contributed by atoms with van der Waals surface area (Å²) in [6.45, 7) is -0.0662. The molecule has 0 fully saturated rings. The molecule has 2 aromatic carbocycles. The van der Waals surface area contributed by atoms with Gasteiger partial charge in [0.2, 0.25) is 17.7 Å². The number of carbonyl (C=O) groups is 3. The number of nitrogens with one attached hydrogen (secondary N) is 2. The van der Waals surface area contributed by atoms with Gasteiger partial charge in [-0.05, 0) is 24.3 Å². The Morgan fingerprint density at radius 3 is 2.58 bits per heavy atom. The van der Waals surface area contributed by atoms with Crippen LogP contribution in [0.5, 0.6) is 0 Å². The maximum Gasteiger partial charge on any atom is 0.243 e. The average molecular weight is 369 g/mol. The number of thioether (sulfide) groups is 1. The Bertz CT molecular complexity index is 826. The molecule has 6 nitrogen and oxygen atoms in total. The summed E-state index contributed by atoms with van der Waals surface area (Å²) in [7, 11) is 1.56. The Morgan fingerprint density at radius 1 is 1.12 bits per heavy atom. The highest BCUT2D eigenvalue weighted by atomic mass is 32.2. The molecule has 0 radical (unpaired) electrons. The molecular weight excluding hydrogens is 350 g/mol. The van der Waals surface area contributed by atoms with Crippen LogP contribution >= 0.6 is 11.8 Å². The molecule has 1 aliphatic rings. The Morgan fingerprint density at radius 2 is 1.81 bits per heavy atom. The van der Waals surface area contributed by atoms with E-state index in [0.29, 0.717) is 5.69 Å². The fraction of sp³-hybridized carbons (Fsp3) is 0.211. The van der Waals surface area contributed by atoms with Crippen molar-refractivity contribution in [2.45, 2.75) is 16.6 Å². The van der Waals surface area contributed by atoms with Crippen molar-refractivity contribution in [1.29, 1.82) is 0 Å². The summed E-state index contributed by atoms with van der Waals surface area (Å²) in [6, 6.07) is 16.5. The van der Waals surface area contributed by atoms with Crippen LogP contribution in [0.2, 0.25) is 0 Å². The Balaban J connectivity index is 1.54. The van der Waals surface area contributed by atoms with E-state index in [-0.39, 0.29) is 30.7 Å². The summed E-state index contributed by atoms with van der Waals surface area (Å²) < 4.78 is 0. The van der Waals surface area contributed by atoms with Gasteiger partial charge in [-0.2, -0.15) is 0 Å².